The van der Waals surface area contributed by atoms with Gasteiger partial charge in [-0.1, -0.05) is 164 Å². The van der Waals surface area contributed by atoms with E-state index in [0.29, 0.717) is 30.3 Å². The molecule has 0 N–H and O–H groups in total. The molecule has 0 saturated heterocycles. The monoisotopic (exact) mass is 695 g/mol. The lowest BCUT2D eigenvalue weighted by Gasteiger charge is -2.34. The first kappa shape index (κ1) is 33.0. The Balaban J connectivity index is 1.24. The van der Waals surface area contributed by atoms with Gasteiger partial charge < -0.3 is 0 Å². The minimum absolute atomic E-state index is 0.609. The highest BCUT2D eigenvalue weighted by Crippen LogP contribution is 2.44. The highest BCUT2D eigenvalue weighted by atomic mass is 15.1. The zero-order valence-corrected chi connectivity index (χ0v) is 29.7. The van der Waals surface area contributed by atoms with Gasteiger partial charge >= 0.3 is 0 Å². The SMILES string of the molecule is C1=CC(c2ccccn2)(c2nc(-c3ccc(-c4ccccc4)cc3)nc(C3(c4ccccn4)C=CC(c4ccccc4)=CC3)n2)CC=C1c1ccccc1. The summed E-state index contributed by atoms with van der Waals surface area (Å²) in [5, 5.41) is 0. The van der Waals surface area contributed by atoms with Crippen molar-refractivity contribution < 1.29 is 0 Å². The summed E-state index contributed by atoms with van der Waals surface area (Å²) in [6.45, 7) is 0. The van der Waals surface area contributed by atoms with E-state index in [-0.39, 0.29) is 0 Å². The van der Waals surface area contributed by atoms with Crippen LogP contribution in [0.15, 0.2) is 201 Å². The second-order valence-electron chi connectivity index (χ2n) is 13.7. The van der Waals surface area contributed by atoms with Crippen molar-refractivity contribution in [1.29, 1.82) is 0 Å². The van der Waals surface area contributed by atoms with E-state index in [4.69, 9.17) is 24.9 Å². The van der Waals surface area contributed by atoms with Crippen LogP contribution in [0, 0.1) is 0 Å². The van der Waals surface area contributed by atoms with E-state index in [0.717, 1.165) is 39.2 Å². The molecule has 0 radical (unpaired) electrons. The fourth-order valence-corrected chi connectivity index (χ4v) is 7.51. The minimum atomic E-state index is -0.745. The average Bonchev–Trinajstić information content (AvgIpc) is 3.28. The molecular formula is C49H37N5. The van der Waals surface area contributed by atoms with Crippen LogP contribution in [-0.4, -0.2) is 24.9 Å². The Labute approximate surface area is 315 Å². The van der Waals surface area contributed by atoms with Crippen LogP contribution in [0.25, 0.3) is 33.7 Å². The van der Waals surface area contributed by atoms with E-state index >= 15 is 0 Å². The molecule has 5 heteroatoms. The van der Waals surface area contributed by atoms with E-state index in [1.54, 1.807) is 0 Å². The summed E-state index contributed by atoms with van der Waals surface area (Å²) in [5.41, 5.74) is 8.12. The Kier molecular flexibility index (Phi) is 8.73. The fourth-order valence-electron chi connectivity index (χ4n) is 7.51. The highest BCUT2D eigenvalue weighted by molar-refractivity contribution is 5.77. The van der Waals surface area contributed by atoms with E-state index < -0.39 is 10.8 Å². The second kappa shape index (κ2) is 14.3. The molecule has 0 amide bonds. The Morgan fingerprint density at radius 3 is 1.19 bits per heavy atom. The van der Waals surface area contributed by atoms with Crippen molar-refractivity contribution in [3.63, 3.8) is 0 Å². The van der Waals surface area contributed by atoms with Gasteiger partial charge in [0.2, 0.25) is 0 Å². The van der Waals surface area contributed by atoms with Crippen LogP contribution in [0.3, 0.4) is 0 Å². The van der Waals surface area contributed by atoms with Crippen molar-refractivity contribution in [2.24, 2.45) is 0 Å². The molecule has 0 saturated carbocycles. The first-order valence-electron chi connectivity index (χ1n) is 18.4. The summed E-state index contributed by atoms with van der Waals surface area (Å²) in [5.74, 6) is 1.90. The van der Waals surface area contributed by atoms with Crippen LogP contribution in [0.5, 0.6) is 0 Å². The molecule has 2 unspecified atom stereocenters. The molecule has 2 atom stereocenters. The predicted octanol–water partition coefficient (Wildman–Crippen LogP) is 10.7. The van der Waals surface area contributed by atoms with Crippen LogP contribution in [-0.2, 0) is 10.8 Å². The van der Waals surface area contributed by atoms with Crippen molar-refractivity contribution in [3.8, 4) is 22.5 Å². The predicted molar refractivity (Wildman–Crippen MR) is 217 cm³/mol. The lowest BCUT2D eigenvalue weighted by Crippen LogP contribution is -2.35. The normalized spacial score (nSPS) is 19.2. The third-order valence-electron chi connectivity index (χ3n) is 10.5. The number of hydrogen-bond acceptors (Lipinski definition) is 5. The van der Waals surface area contributed by atoms with E-state index in [9.17, 15) is 0 Å². The largest absolute Gasteiger partial charge is 0.260 e. The van der Waals surface area contributed by atoms with Gasteiger partial charge in [-0.05, 0) is 70.5 Å². The maximum atomic E-state index is 5.50. The summed E-state index contributed by atoms with van der Waals surface area (Å²) in [4.78, 5) is 26.1. The maximum Gasteiger partial charge on any atom is 0.163 e. The van der Waals surface area contributed by atoms with Gasteiger partial charge in [-0.15, -0.1) is 0 Å². The zero-order chi connectivity index (χ0) is 36.2. The molecule has 4 aromatic carbocycles. The van der Waals surface area contributed by atoms with Crippen LogP contribution in [0.2, 0.25) is 0 Å². The summed E-state index contributed by atoms with van der Waals surface area (Å²) in [6, 6.07) is 52.0. The van der Waals surface area contributed by atoms with Gasteiger partial charge in [0.1, 0.15) is 11.6 Å². The smallest absolute Gasteiger partial charge is 0.163 e. The van der Waals surface area contributed by atoms with Gasteiger partial charge in [0.25, 0.3) is 0 Å². The van der Waals surface area contributed by atoms with Gasteiger partial charge in [0.15, 0.2) is 5.82 Å². The molecule has 3 aromatic heterocycles. The Hall–Kier alpha value is -6.85. The first-order chi connectivity index (χ1) is 26.7. The number of aromatic nitrogens is 5. The molecule has 0 fully saturated rings. The first-order valence-corrected chi connectivity index (χ1v) is 18.4. The summed E-state index contributed by atoms with van der Waals surface area (Å²) < 4.78 is 0. The van der Waals surface area contributed by atoms with E-state index in [1.807, 2.05) is 54.9 Å². The molecule has 2 aliphatic carbocycles. The molecule has 9 rings (SSSR count). The number of nitrogens with zero attached hydrogens (tertiary/aromatic N) is 5. The maximum absolute atomic E-state index is 5.50. The van der Waals surface area contributed by atoms with Crippen molar-refractivity contribution in [2.45, 2.75) is 23.7 Å². The zero-order valence-electron chi connectivity index (χ0n) is 29.7. The Morgan fingerprint density at radius 1 is 0.370 bits per heavy atom. The summed E-state index contributed by atoms with van der Waals surface area (Å²) in [7, 11) is 0. The van der Waals surface area contributed by atoms with Crippen LogP contribution in [0.1, 0.15) is 47.0 Å². The molecule has 54 heavy (non-hydrogen) atoms. The highest BCUT2D eigenvalue weighted by Gasteiger charge is 2.42. The number of pyridine rings is 2. The Morgan fingerprint density at radius 2 is 0.778 bits per heavy atom. The van der Waals surface area contributed by atoms with E-state index in [1.165, 1.54) is 11.1 Å². The molecule has 0 spiro atoms. The minimum Gasteiger partial charge on any atom is -0.260 e. The standard InChI is InChI=1S/C49H37N5/c1-4-14-36(15-5-1)39-22-24-42(25-23-39)45-52-46(48(43-20-10-12-34-50-43)30-26-40(27-31-48)37-16-6-2-7-17-37)54-47(53-45)49(44-21-11-13-35-51-44)32-28-41(29-33-49)38-18-8-3-9-19-38/h1-30,32,34-35H,31,33H2. The summed E-state index contributed by atoms with van der Waals surface area (Å²) in [6.07, 6.45) is 18.4. The van der Waals surface area contributed by atoms with Gasteiger partial charge in [-0.25, -0.2) is 15.0 Å². The topological polar surface area (TPSA) is 64.5 Å². The average molecular weight is 696 g/mol. The lowest BCUT2D eigenvalue weighted by molar-refractivity contribution is 0.533. The number of rotatable bonds is 8. The molecule has 0 bridgehead atoms. The van der Waals surface area contributed by atoms with Crippen LogP contribution >= 0.6 is 0 Å². The molecular weight excluding hydrogens is 659 g/mol. The molecule has 5 nitrogen and oxygen atoms in total. The second-order valence-corrected chi connectivity index (χ2v) is 13.7. The molecule has 2 aliphatic rings. The van der Waals surface area contributed by atoms with Crippen molar-refractivity contribution in [1.82, 2.24) is 24.9 Å². The number of benzene rings is 4. The quantitative estimate of drug-likeness (QED) is 0.158. The third kappa shape index (κ3) is 6.20. The van der Waals surface area contributed by atoms with Crippen molar-refractivity contribution >= 4 is 11.1 Å². The lowest BCUT2D eigenvalue weighted by atomic mass is 9.73. The van der Waals surface area contributed by atoms with Crippen LogP contribution in [0.4, 0.5) is 0 Å². The number of allylic oxidation sites excluding steroid dienone is 8. The number of hydrogen-bond donors (Lipinski definition) is 0. The molecule has 3 heterocycles. The van der Waals surface area contributed by atoms with Gasteiger partial charge in [0.05, 0.1) is 22.2 Å². The fraction of sp³-hybridized carbons (Fsp3) is 0.0816. The van der Waals surface area contributed by atoms with Crippen LogP contribution < -0.4 is 0 Å². The van der Waals surface area contributed by atoms with Crippen molar-refractivity contribution in [2.75, 3.05) is 0 Å². The molecule has 258 valence electrons. The van der Waals surface area contributed by atoms with E-state index in [2.05, 4.69) is 146 Å². The third-order valence-corrected chi connectivity index (χ3v) is 10.5. The Bertz CT molecular complexity index is 2380. The van der Waals surface area contributed by atoms with Crippen molar-refractivity contribution in [3.05, 3.63) is 235 Å². The summed E-state index contributed by atoms with van der Waals surface area (Å²) >= 11 is 0. The van der Waals surface area contributed by atoms with Gasteiger partial charge in [-0.3, -0.25) is 9.97 Å². The molecule has 0 aliphatic heterocycles. The van der Waals surface area contributed by atoms with Gasteiger partial charge in [-0.2, -0.15) is 0 Å². The molecule has 7 aromatic rings. The van der Waals surface area contributed by atoms with Gasteiger partial charge in [0, 0.05) is 18.0 Å².